The molecule has 0 amide bonds. The van der Waals surface area contributed by atoms with Crippen LogP contribution in [-0.2, 0) is 0 Å². The fourth-order valence-electron chi connectivity index (χ4n) is 3.24. The molecular formula is C22H19N3O2. The molecule has 2 N–H and O–H groups in total. The summed E-state index contributed by atoms with van der Waals surface area (Å²) >= 11 is 0. The molecule has 3 aromatic carbocycles. The molecule has 0 bridgehead atoms. The minimum Gasteiger partial charge on any atom is -0.497 e. The number of fused-ring (bicyclic) bond motifs is 1. The maximum Gasteiger partial charge on any atom is 0.220 e. The number of methoxy groups -OCH3 is 2. The van der Waals surface area contributed by atoms with Crippen LogP contribution in [0.2, 0.25) is 0 Å². The van der Waals surface area contributed by atoms with Crippen LogP contribution in [0.5, 0.6) is 11.5 Å². The van der Waals surface area contributed by atoms with E-state index in [1.54, 1.807) is 20.4 Å². The Balaban J connectivity index is 1.97. The van der Waals surface area contributed by atoms with Gasteiger partial charge in [0.05, 0.1) is 19.9 Å². The second-order valence-corrected chi connectivity index (χ2v) is 6.08. The Hall–Kier alpha value is -3.60. The average Bonchev–Trinajstić information content (AvgIpc) is 2.73. The number of nitrogens with two attached hydrogens (primary N) is 1. The Labute approximate surface area is 157 Å². The number of hydrogen-bond acceptors (Lipinski definition) is 5. The van der Waals surface area contributed by atoms with Gasteiger partial charge in [0.15, 0.2) is 0 Å². The quantitative estimate of drug-likeness (QED) is 0.580. The van der Waals surface area contributed by atoms with Gasteiger partial charge in [-0.05, 0) is 35.2 Å². The Kier molecular flexibility index (Phi) is 4.34. The Morgan fingerprint density at radius 2 is 1.52 bits per heavy atom. The van der Waals surface area contributed by atoms with E-state index in [-0.39, 0.29) is 5.95 Å². The highest BCUT2D eigenvalue weighted by molar-refractivity contribution is 6.02. The van der Waals surface area contributed by atoms with Gasteiger partial charge in [-0.25, -0.2) is 9.97 Å². The molecule has 0 aliphatic carbocycles. The van der Waals surface area contributed by atoms with Crippen molar-refractivity contribution >= 4 is 16.7 Å². The summed E-state index contributed by atoms with van der Waals surface area (Å²) in [5.41, 5.74) is 9.58. The molecule has 27 heavy (non-hydrogen) atoms. The van der Waals surface area contributed by atoms with Gasteiger partial charge in [-0.1, -0.05) is 36.4 Å². The topological polar surface area (TPSA) is 70.3 Å². The number of benzene rings is 3. The summed E-state index contributed by atoms with van der Waals surface area (Å²) in [6, 6.07) is 19.9. The van der Waals surface area contributed by atoms with Crippen LogP contribution in [0.25, 0.3) is 33.2 Å². The normalized spacial score (nSPS) is 10.7. The highest BCUT2D eigenvalue weighted by Crippen LogP contribution is 2.38. The molecule has 0 aliphatic rings. The smallest absolute Gasteiger partial charge is 0.220 e. The van der Waals surface area contributed by atoms with Crippen LogP contribution >= 0.6 is 0 Å². The maximum absolute atomic E-state index is 5.92. The molecule has 4 rings (SSSR count). The van der Waals surface area contributed by atoms with Crippen molar-refractivity contribution in [1.29, 1.82) is 0 Å². The first-order valence-corrected chi connectivity index (χ1v) is 8.54. The van der Waals surface area contributed by atoms with Gasteiger partial charge in [0, 0.05) is 22.7 Å². The number of nitrogen functional groups attached to an aromatic ring is 1. The van der Waals surface area contributed by atoms with Gasteiger partial charge in [0.1, 0.15) is 11.5 Å². The standard InChI is InChI=1S/C22H19N3O2/c1-26-15-9-7-14(8-10-15)19-13-24-22(23)25-21(19)18-11-12-20(27-2)17-6-4-3-5-16(17)18/h3-13H,1-2H3,(H2,23,24,25). The third-order valence-corrected chi connectivity index (χ3v) is 4.57. The van der Waals surface area contributed by atoms with E-state index >= 15 is 0 Å². The molecule has 1 aromatic heterocycles. The highest BCUT2D eigenvalue weighted by atomic mass is 16.5. The molecule has 134 valence electrons. The number of hydrogen-bond donors (Lipinski definition) is 1. The van der Waals surface area contributed by atoms with Crippen molar-refractivity contribution in [2.45, 2.75) is 0 Å². The molecule has 0 saturated heterocycles. The molecule has 1 heterocycles. The highest BCUT2D eigenvalue weighted by Gasteiger charge is 2.15. The predicted octanol–water partition coefficient (Wildman–Crippen LogP) is 4.56. The molecule has 5 nitrogen and oxygen atoms in total. The third kappa shape index (κ3) is 3.04. The first-order valence-electron chi connectivity index (χ1n) is 8.54. The lowest BCUT2D eigenvalue weighted by Crippen LogP contribution is -1.99. The van der Waals surface area contributed by atoms with Crippen LogP contribution in [0.4, 0.5) is 5.95 Å². The van der Waals surface area contributed by atoms with Gasteiger partial charge >= 0.3 is 0 Å². The lowest BCUT2D eigenvalue weighted by atomic mass is 9.96. The van der Waals surface area contributed by atoms with E-state index in [2.05, 4.69) is 16.0 Å². The van der Waals surface area contributed by atoms with E-state index in [9.17, 15) is 0 Å². The monoisotopic (exact) mass is 357 g/mol. The number of rotatable bonds is 4. The van der Waals surface area contributed by atoms with E-state index in [0.29, 0.717) is 0 Å². The van der Waals surface area contributed by atoms with Crippen LogP contribution < -0.4 is 15.2 Å². The van der Waals surface area contributed by atoms with Gasteiger partial charge in [0.2, 0.25) is 5.95 Å². The fraction of sp³-hybridized carbons (Fsp3) is 0.0909. The molecular weight excluding hydrogens is 338 g/mol. The van der Waals surface area contributed by atoms with Gasteiger partial charge in [-0.15, -0.1) is 0 Å². The molecule has 0 saturated carbocycles. The maximum atomic E-state index is 5.92. The van der Waals surface area contributed by atoms with E-state index in [1.165, 1.54) is 0 Å². The van der Waals surface area contributed by atoms with Gasteiger partial charge in [-0.2, -0.15) is 0 Å². The summed E-state index contributed by atoms with van der Waals surface area (Å²) in [4.78, 5) is 8.77. The lowest BCUT2D eigenvalue weighted by Gasteiger charge is -2.14. The molecule has 0 spiro atoms. The zero-order valence-electron chi connectivity index (χ0n) is 15.1. The van der Waals surface area contributed by atoms with Gasteiger partial charge in [0.25, 0.3) is 0 Å². The largest absolute Gasteiger partial charge is 0.497 e. The second kappa shape index (κ2) is 6.96. The number of nitrogens with zero attached hydrogens (tertiary/aromatic N) is 2. The molecule has 4 aromatic rings. The Bertz CT molecular complexity index is 1110. The predicted molar refractivity (Wildman–Crippen MR) is 108 cm³/mol. The molecule has 5 heteroatoms. The molecule has 0 unspecified atom stereocenters. The molecule has 0 fully saturated rings. The van der Waals surface area contributed by atoms with Crippen molar-refractivity contribution in [2.75, 3.05) is 20.0 Å². The molecule has 0 atom stereocenters. The number of anilines is 1. The fourth-order valence-corrected chi connectivity index (χ4v) is 3.24. The van der Waals surface area contributed by atoms with Gasteiger partial charge < -0.3 is 15.2 Å². The summed E-state index contributed by atoms with van der Waals surface area (Å²) in [6.45, 7) is 0. The summed E-state index contributed by atoms with van der Waals surface area (Å²) < 4.78 is 10.8. The summed E-state index contributed by atoms with van der Waals surface area (Å²) in [5.74, 6) is 1.86. The first kappa shape index (κ1) is 16.8. The average molecular weight is 357 g/mol. The van der Waals surface area contributed by atoms with E-state index in [0.717, 1.165) is 44.7 Å². The summed E-state index contributed by atoms with van der Waals surface area (Å²) in [5, 5.41) is 2.07. The zero-order chi connectivity index (χ0) is 18.8. The minimum atomic E-state index is 0.238. The lowest BCUT2D eigenvalue weighted by molar-refractivity contribution is 0.415. The van der Waals surface area contributed by atoms with Crippen molar-refractivity contribution in [1.82, 2.24) is 9.97 Å². The van der Waals surface area contributed by atoms with E-state index in [1.807, 2.05) is 54.6 Å². The van der Waals surface area contributed by atoms with Crippen LogP contribution in [0.15, 0.2) is 66.9 Å². The van der Waals surface area contributed by atoms with Crippen LogP contribution in [0, 0.1) is 0 Å². The first-order chi connectivity index (χ1) is 13.2. The Morgan fingerprint density at radius 1 is 0.778 bits per heavy atom. The summed E-state index contributed by atoms with van der Waals surface area (Å²) in [6.07, 6.45) is 1.76. The Morgan fingerprint density at radius 3 is 2.22 bits per heavy atom. The molecule has 0 aliphatic heterocycles. The number of ether oxygens (including phenoxy) is 2. The zero-order valence-corrected chi connectivity index (χ0v) is 15.1. The van der Waals surface area contributed by atoms with E-state index in [4.69, 9.17) is 15.2 Å². The van der Waals surface area contributed by atoms with Crippen LogP contribution in [-0.4, -0.2) is 24.2 Å². The molecule has 0 radical (unpaired) electrons. The summed E-state index contributed by atoms with van der Waals surface area (Å²) in [7, 11) is 3.32. The van der Waals surface area contributed by atoms with Crippen LogP contribution in [0.3, 0.4) is 0 Å². The van der Waals surface area contributed by atoms with Crippen molar-refractivity contribution < 1.29 is 9.47 Å². The van der Waals surface area contributed by atoms with Crippen molar-refractivity contribution in [3.63, 3.8) is 0 Å². The third-order valence-electron chi connectivity index (χ3n) is 4.57. The van der Waals surface area contributed by atoms with Gasteiger partial charge in [-0.3, -0.25) is 0 Å². The van der Waals surface area contributed by atoms with Crippen molar-refractivity contribution in [3.05, 3.63) is 66.9 Å². The van der Waals surface area contributed by atoms with Crippen LogP contribution in [0.1, 0.15) is 0 Å². The second-order valence-electron chi connectivity index (χ2n) is 6.08. The minimum absolute atomic E-state index is 0.238. The van der Waals surface area contributed by atoms with Crippen molar-refractivity contribution in [2.24, 2.45) is 0 Å². The SMILES string of the molecule is COc1ccc(-c2cnc(N)nc2-c2ccc(OC)c3ccccc23)cc1. The van der Waals surface area contributed by atoms with Crippen molar-refractivity contribution in [3.8, 4) is 33.9 Å². The number of aromatic nitrogens is 2. The van der Waals surface area contributed by atoms with E-state index < -0.39 is 0 Å².